The van der Waals surface area contributed by atoms with Gasteiger partial charge in [-0.15, -0.1) is 0 Å². The molecule has 0 spiro atoms. The predicted octanol–water partition coefficient (Wildman–Crippen LogP) is 2.05. The number of benzene rings is 1. The van der Waals surface area contributed by atoms with Gasteiger partial charge >= 0.3 is 0 Å². The van der Waals surface area contributed by atoms with Crippen LogP contribution in [-0.2, 0) is 4.79 Å². The van der Waals surface area contributed by atoms with Gasteiger partial charge < -0.3 is 5.11 Å². The topological polar surface area (TPSA) is 61.1 Å². The smallest absolute Gasteiger partial charge is 0.156 e. The molecule has 0 radical (unpaired) electrons. The number of allylic oxidation sites excluding steroid dienone is 1. The number of aliphatic hydroxyl groups is 1. The number of hydrogen-bond acceptors (Lipinski definition) is 3. The molecule has 0 atom stereocenters. The number of carbonyl (C=O) groups excluding carboxylic acids is 1. The fourth-order valence-electron chi connectivity index (χ4n) is 0.991. The lowest BCUT2D eigenvalue weighted by atomic mass is 10.1. The van der Waals surface area contributed by atoms with Crippen LogP contribution in [0.3, 0.4) is 0 Å². The van der Waals surface area contributed by atoms with Crippen LogP contribution in [0, 0.1) is 11.3 Å². The Morgan fingerprint density at radius 1 is 1.43 bits per heavy atom. The molecular weight excluding hydrogens is 178 g/mol. The zero-order valence-electron chi connectivity index (χ0n) is 7.69. The van der Waals surface area contributed by atoms with Crippen LogP contribution < -0.4 is 0 Å². The fraction of sp³-hybridized carbons (Fsp3) is 0.0909. The van der Waals surface area contributed by atoms with Crippen molar-refractivity contribution in [1.82, 2.24) is 0 Å². The first-order chi connectivity index (χ1) is 6.63. The Hall–Kier alpha value is -2.08. The van der Waals surface area contributed by atoms with Gasteiger partial charge in [0, 0.05) is 11.6 Å². The summed E-state index contributed by atoms with van der Waals surface area (Å²) in [5.74, 6) is -0.297. The molecule has 0 aliphatic rings. The maximum Gasteiger partial charge on any atom is 0.156 e. The van der Waals surface area contributed by atoms with E-state index < -0.39 is 0 Å². The molecule has 0 aliphatic carbocycles. The summed E-state index contributed by atoms with van der Waals surface area (Å²) in [5, 5.41) is 17.9. The lowest BCUT2D eigenvalue weighted by Gasteiger charge is -1.98. The van der Waals surface area contributed by atoms with Crippen molar-refractivity contribution in [3.05, 3.63) is 41.5 Å². The highest BCUT2D eigenvalue weighted by Crippen LogP contribution is 2.11. The molecule has 70 valence electrons. The van der Waals surface area contributed by atoms with Crippen LogP contribution in [0.25, 0.3) is 5.76 Å². The van der Waals surface area contributed by atoms with E-state index in [0.29, 0.717) is 11.1 Å². The third-order valence-corrected chi connectivity index (χ3v) is 1.65. The maximum atomic E-state index is 10.7. The molecule has 0 bridgehead atoms. The van der Waals surface area contributed by atoms with E-state index in [-0.39, 0.29) is 11.5 Å². The minimum absolute atomic E-state index is 0.0815. The van der Waals surface area contributed by atoms with Crippen LogP contribution in [0.4, 0.5) is 0 Å². The van der Waals surface area contributed by atoms with E-state index >= 15 is 0 Å². The van der Waals surface area contributed by atoms with Crippen molar-refractivity contribution in [2.45, 2.75) is 6.92 Å². The zero-order valence-corrected chi connectivity index (χ0v) is 7.69. The summed E-state index contributed by atoms with van der Waals surface area (Å²) in [6.45, 7) is 1.36. The van der Waals surface area contributed by atoms with Crippen LogP contribution in [-0.4, -0.2) is 10.9 Å². The monoisotopic (exact) mass is 187 g/mol. The molecule has 0 aliphatic heterocycles. The third-order valence-electron chi connectivity index (χ3n) is 1.65. The molecule has 0 fully saturated rings. The van der Waals surface area contributed by atoms with Crippen LogP contribution in [0.5, 0.6) is 0 Å². The molecule has 1 rings (SSSR count). The van der Waals surface area contributed by atoms with Crippen molar-refractivity contribution in [1.29, 1.82) is 5.26 Å². The molecule has 0 saturated carbocycles. The Balaban J connectivity index is 2.99. The number of rotatable bonds is 2. The van der Waals surface area contributed by atoms with Crippen LogP contribution in [0.2, 0.25) is 0 Å². The second-order valence-electron chi connectivity index (χ2n) is 2.83. The molecule has 3 heteroatoms. The number of aliphatic hydroxyl groups excluding tert-OH is 1. The molecule has 0 heterocycles. The van der Waals surface area contributed by atoms with Crippen LogP contribution in [0.1, 0.15) is 18.1 Å². The van der Waals surface area contributed by atoms with Crippen LogP contribution >= 0.6 is 0 Å². The minimum Gasteiger partial charge on any atom is -0.507 e. The average molecular weight is 187 g/mol. The van der Waals surface area contributed by atoms with Crippen molar-refractivity contribution in [2.24, 2.45) is 0 Å². The van der Waals surface area contributed by atoms with E-state index in [2.05, 4.69) is 0 Å². The van der Waals surface area contributed by atoms with E-state index in [0.717, 1.165) is 6.08 Å². The fourth-order valence-corrected chi connectivity index (χ4v) is 0.991. The van der Waals surface area contributed by atoms with E-state index in [4.69, 9.17) is 5.26 Å². The molecule has 1 aromatic rings. The first kappa shape index (κ1) is 10.0. The summed E-state index contributed by atoms with van der Waals surface area (Å²) < 4.78 is 0. The standard InChI is InChI=1S/C11H9NO2/c1-8(13)6-11(14)10-4-2-9(7-12)3-5-10/h2-6,14H,1H3. The van der Waals surface area contributed by atoms with E-state index in [1.54, 1.807) is 24.3 Å². The Bertz CT molecular complexity index is 410. The number of hydrogen-bond donors (Lipinski definition) is 1. The lowest BCUT2D eigenvalue weighted by molar-refractivity contribution is -0.112. The van der Waals surface area contributed by atoms with Gasteiger partial charge in [0.15, 0.2) is 5.78 Å². The van der Waals surface area contributed by atoms with Crippen molar-refractivity contribution in [3.8, 4) is 6.07 Å². The van der Waals surface area contributed by atoms with Crippen molar-refractivity contribution >= 4 is 11.5 Å². The molecule has 0 amide bonds. The van der Waals surface area contributed by atoms with Gasteiger partial charge in [0.2, 0.25) is 0 Å². The Morgan fingerprint density at radius 2 is 2.00 bits per heavy atom. The Kier molecular flexibility index (Phi) is 3.03. The van der Waals surface area contributed by atoms with Gasteiger partial charge in [-0.05, 0) is 31.2 Å². The Labute approximate surface area is 81.9 Å². The van der Waals surface area contributed by atoms with E-state index in [1.807, 2.05) is 6.07 Å². The number of carbonyl (C=O) groups is 1. The summed E-state index contributed by atoms with van der Waals surface area (Å²) >= 11 is 0. The molecule has 3 nitrogen and oxygen atoms in total. The summed E-state index contributed by atoms with van der Waals surface area (Å²) in [6, 6.07) is 8.31. The molecule has 0 unspecified atom stereocenters. The number of nitriles is 1. The van der Waals surface area contributed by atoms with Gasteiger partial charge in [-0.1, -0.05) is 0 Å². The molecule has 0 saturated heterocycles. The highest BCUT2D eigenvalue weighted by atomic mass is 16.3. The van der Waals surface area contributed by atoms with Gasteiger partial charge in [0.25, 0.3) is 0 Å². The zero-order chi connectivity index (χ0) is 10.6. The maximum absolute atomic E-state index is 10.7. The lowest BCUT2D eigenvalue weighted by Crippen LogP contribution is -1.88. The first-order valence-electron chi connectivity index (χ1n) is 4.05. The molecule has 1 N–H and O–H groups in total. The van der Waals surface area contributed by atoms with Crippen molar-refractivity contribution in [3.63, 3.8) is 0 Å². The predicted molar refractivity (Wildman–Crippen MR) is 52.4 cm³/mol. The average Bonchev–Trinajstić information content (AvgIpc) is 2.17. The van der Waals surface area contributed by atoms with Gasteiger partial charge in [-0.3, -0.25) is 4.79 Å². The molecule has 0 aromatic heterocycles. The highest BCUT2D eigenvalue weighted by Gasteiger charge is 1.99. The third kappa shape index (κ3) is 2.46. The summed E-state index contributed by atoms with van der Waals surface area (Å²) in [5.41, 5.74) is 1.04. The second kappa shape index (κ2) is 4.24. The molecule has 14 heavy (non-hydrogen) atoms. The Morgan fingerprint density at radius 3 is 2.43 bits per heavy atom. The largest absolute Gasteiger partial charge is 0.507 e. The quantitative estimate of drug-likeness (QED) is 0.569. The summed E-state index contributed by atoms with van der Waals surface area (Å²) in [6.07, 6.45) is 1.14. The number of nitrogens with zero attached hydrogens (tertiary/aromatic N) is 1. The van der Waals surface area contributed by atoms with Gasteiger partial charge in [0.05, 0.1) is 11.6 Å². The number of ketones is 1. The molecular formula is C11H9NO2. The first-order valence-corrected chi connectivity index (χ1v) is 4.05. The second-order valence-corrected chi connectivity index (χ2v) is 2.83. The minimum atomic E-state index is -0.216. The van der Waals surface area contributed by atoms with Gasteiger partial charge in [0.1, 0.15) is 5.76 Å². The summed E-state index contributed by atoms with van der Waals surface area (Å²) in [4.78, 5) is 10.7. The van der Waals surface area contributed by atoms with Crippen LogP contribution in [0.15, 0.2) is 30.3 Å². The normalized spacial score (nSPS) is 10.7. The van der Waals surface area contributed by atoms with E-state index in [1.165, 1.54) is 6.92 Å². The highest BCUT2D eigenvalue weighted by molar-refractivity contribution is 5.93. The molecule has 1 aromatic carbocycles. The van der Waals surface area contributed by atoms with E-state index in [9.17, 15) is 9.90 Å². The SMILES string of the molecule is CC(=O)C=C(O)c1ccc(C#N)cc1. The van der Waals surface area contributed by atoms with Crippen molar-refractivity contribution in [2.75, 3.05) is 0 Å². The van der Waals surface area contributed by atoms with Gasteiger partial charge in [-0.25, -0.2) is 0 Å². The van der Waals surface area contributed by atoms with Gasteiger partial charge in [-0.2, -0.15) is 5.26 Å². The summed E-state index contributed by atoms with van der Waals surface area (Å²) in [7, 11) is 0. The van der Waals surface area contributed by atoms with Crippen molar-refractivity contribution < 1.29 is 9.90 Å².